The van der Waals surface area contributed by atoms with Crippen molar-refractivity contribution in [3.63, 3.8) is 0 Å². The number of fused-ring (bicyclic) bond motifs is 2. The highest BCUT2D eigenvalue weighted by Gasteiger charge is 2.24. The second-order valence-corrected chi connectivity index (χ2v) is 6.98. The molecule has 0 unspecified atom stereocenters. The zero-order chi connectivity index (χ0) is 20.7. The average molecular weight is 402 g/mol. The highest BCUT2D eigenvalue weighted by atomic mass is 16.5. The van der Waals surface area contributed by atoms with Crippen molar-refractivity contribution in [3.05, 3.63) is 63.5 Å². The molecule has 0 fully saturated rings. The Labute approximate surface area is 171 Å². The lowest BCUT2D eigenvalue weighted by atomic mass is 10.1. The highest BCUT2D eigenvalue weighted by Crippen LogP contribution is 2.36. The van der Waals surface area contributed by atoms with Gasteiger partial charge in [0, 0.05) is 16.7 Å². The molecule has 0 spiro atoms. The minimum Gasteiger partial charge on any atom is -0.497 e. The Morgan fingerprint density at radius 2 is 2.00 bits per heavy atom. The number of nitrogens with one attached hydrogen (secondary N) is 1. The van der Waals surface area contributed by atoms with Gasteiger partial charge in [0.2, 0.25) is 0 Å². The summed E-state index contributed by atoms with van der Waals surface area (Å²) in [6.45, 7) is 0. The second kappa shape index (κ2) is 7.14. The summed E-state index contributed by atoms with van der Waals surface area (Å²) in [5.74, 6) is 2.59. The Balaban J connectivity index is 1.63. The first-order chi connectivity index (χ1) is 14.7. The van der Waals surface area contributed by atoms with Gasteiger partial charge in [-0.15, -0.1) is 5.10 Å². The maximum atomic E-state index is 13.2. The number of ether oxygens (including phenoxy) is 2. The van der Waals surface area contributed by atoms with Crippen molar-refractivity contribution < 1.29 is 13.9 Å². The zero-order valence-electron chi connectivity index (χ0n) is 16.4. The predicted molar refractivity (Wildman–Crippen MR) is 111 cm³/mol. The third-order valence-corrected chi connectivity index (χ3v) is 5.31. The number of hydrogen-bond donors (Lipinski definition) is 1. The number of H-pyrrole nitrogens is 1. The van der Waals surface area contributed by atoms with Gasteiger partial charge in [-0.25, -0.2) is 5.10 Å². The molecule has 8 heteroatoms. The Morgan fingerprint density at radius 1 is 1.10 bits per heavy atom. The Hall–Kier alpha value is -3.94. The fourth-order valence-electron chi connectivity index (χ4n) is 3.80. The van der Waals surface area contributed by atoms with Crippen molar-refractivity contribution >= 4 is 22.6 Å². The van der Waals surface area contributed by atoms with E-state index < -0.39 is 0 Å². The van der Waals surface area contributed by atoms with Crippen LogP contribution in [0.1, 0.15) is 23.3 Å². The lowest BCUT2D eigenvalue weighted by molar-refractivity contribution is 0.402. The summed E-state index contributed by atoms with van der Waals surface area (Å²) in [6.07, 6.45) is 3.33. The molecule has 2 aromatic carbocycles. The number of nitrogens with zero attached hydrogens (tertiary/aromatic N) is 3. The summed E-state index contributed by atoms with van der Waals surface area (Å²) in [5.41, 5.74) is 3.75. The molecule has 1 aliphatic rings. The van der Waals surface area contributed by atoms with Crippen molar-refractivity contribution in [1.82, 2.24) is 20.6 Å². The minimum absolute atomic E-state index is 0.0263. The van der Waals surface area contributed by atoms with E-state index in [1.165, 1.54) is 0 Å². The van der Waals surface area contributed by atoms with Gasteiger partial charge in [-0.2, -0.15) is 0 Å². The quantitative estimate of drug-likeness (QED) is 0.557. The number of aromatic amines is 1. The first-order valence-corrected chi connectivity index (χ1v) is 9.44. The SMILES string of the molecule is COc1ccc(OC)c(C=C2CCc3c2oc2ccc(-c4nnn[nH]4)cc2c3=O)c1. The summed E-state index contributed by atoms with van der Waals surface area (Å²) < 4.78 is 17.0. The predicted octanol–water partition coefficient (Wildman–Crippen LogP) is 3.48. The molecule has 2 aromatic heterocycles. The lowest BCUT2D eigenvalue weighted by Gasteiger charge is -2.09. The van der Waals surface area contributed by atoms with E-state index in [1.807, 2.05) is 30.3 Å². The van der Waals surface area contributed by atoms with Crippen LogP contribution in [0.25, 0.3) is 34.0 Å². The molecule has 0 atom stereocenters. The van der Waals surface area contributed by atoms with E-state index in [9.17, 15) is 4.79 Å². The van der Waals surface area contributed by atoms with E-state index in [2.05, 4.69) is 20.6 Å². The third kappa shape index (κ3) is 2.93. The van der Waals surface area contributed by atoms with Gasteiger partial charge in [0.05, 0.1) is 19.6 Å². The summed E-state index contributed by atoms with van der Waals surface area (Å²) in [6, 6.07) is 11.0. The monoisotopic (exact) mass is 402 g/mol. The molecular formula is C22H18N4O4. The zero-order valence-corrected chi connectivity index (χ0v) is 16.4. The molecule has 0 bridgehead atoms. The lowest BCUT2D eigenvalue weighted by Crippen LogP contribution is -2.08. The molecule has 0 aliphatic heterocycles. The van der Waals surface area contributed by atoms with Crippen LogP contribution in [-0.4, -0.2) is 34.8 Å². The number of methoxy groups -OCH3 is 2. The molecule has 5 rings (SSSR count). The van der Waals surface area contributed by atoms with Gasteiger partial charge in [0.15, 0.2) is 11.3 Å². The maximum absolute atomic E-state index is 13.2. The molecule has 0 radical (unpaired) electrons. The van der Waals surface area contributed by atoms with Crippen LogP contribution >= 0.6 is 0 Å². The van der Waals surface area contributed by atoms with Gasteiger partial charge in [-0.1, -0.05) is 0 Å². The van der Waals surface area contributed by atoms with Crippen molar-refractivity contribution in [2.24, 2.45) is 0 Å². The van der Waals surface area contributed by atoms with E-state index in [0.717, 1.165) is 28.2 Å². The van der Waals surface area contributed by atoms with Crippen LogP contribution in [0, 0.1) is 0 Å². The van der Waals surface area contributed by atoms with Gasteiger partial charge >= 0.3 is 0 Å². The maximum Gasteiger partial charge on any atom is 0.196 e. The number of rotatable bonds is 4. The van der Waals surface area contributed by atoms with E-state index in [0.29, 0.717) is 41.0 Å². The number of aromatic nitrogens is 4. The normalized spacial score (nSPS) is 14.3. The largest absolute Gasteiger partial charge is 0.497 e. The molecular weight excluding hydrogens is 384 g/mol. The first-order valence-electron chi connectivity index (χ1n) is 9.44. The fraction of sp³-hybridized carbons (Fsp3) is 0.182. The van der Waals surface area contributed by atoms with E-state index in [1.54, 1.807) is 26.4 Å². The Morgan fingerprint density at radius 3 is 2.77 bits per heavy atom. The van der Waals surface area contributed by atoms with Gasteiger partial charge < -0.3 is 13.9 Å². The number of tetrazole rings is 1. The first kappa shape index (κ1) is 18.1. The smallest absolute Gasteiger partial charge is 0.196 e. The molecule has 2 heterocycles. The highest BCUT2D eigenvalue weighted by molar-refractivity contribution is 5.89. The van der Waals surface area contributed by atoms with Gasteiger partial charge in [0.1, 0.15) is 22.8 Å². The van der Waals surface area contributed by atoms with Crippen LogP contribution in [0.4, 0.5) is 0 Å². The fourth-order valence-corrected chi connectivity index (χ4v) is 3.80. The van der Waals surface area contributed by atoms with Crippen molar-refractivity contribution in [3.8, 4) is 22.9 Å². The van der Waals surface area contributed by atoms with Gasteiger partial charge in [-0.3, -0.25) is 4.79 Å². The van der Waals surface area contributed by atoms with E-state index in [4.69, 9.17) is 13.9 Å². The number of hydrogen-bond acceptors (Lipinski definition) is 7. The van der Waals surface area contributed by atoms with Crippen LogP contribution in [0.15, 0.2) is 45.6 Å². The molecule has 150 valence electrons. The molecule has 8 nitrogen and oxygen atoms in total. The average Bonchev–Trinajstić information content (AvgIpc) is 3.45. The molecule has 1 N–H and O–H groups in total. The second-order valence-electron chi connectivity index (χ2n) is 6.98. The molecule has 4 aromatic rings. The summed E-state index contributed by atoms with van der Waals surface area (Å²) in [5, 5.41) is 14.3. The summed E-state index contributed by atoms with van der Waals surface area (Å²) >= 11 is 0. The molecule has 1 aliphatic carbocycles. The molecule has 0 saturated heterocycles. The summed E-state index contributed by atoms with van der Waals surface area (Å²) in [4.78, 5) is 13.2. The van der Waals surface area contributed by atoms with Crippen LogP contribution in [-0.2, 0) is 6.42 Å². The van der Waals surface area contributed by atoms with Crippen molar-refractivity contribution in [1.29, 1.82) is 0 Å². The minimum atomic E-state index is -0.0263. The summed E-state index contributed by atoms with van der Waals surface area (Å²) in [7, 11) is 3.25. The van der Waals surface area contributed by atoms with Gasteiger partial charge in [-0.05, 0) is 71.3 Å². The Bertz CT molecular complexity index is 1340. The van der Waals surface area contributed by atoms with Crippen molar-refractivity contribution in [2.45, 2.75) is 12.8 Å². The van der Waals surface area contributed by atoms with E-state index >= 15 is 0 Å². The number of benzene rings is 2. The van der Waals surface area contributed by atoms with Gasteiger partial charge in [0.25, 0.3) is 0 Å². The Kier molecular flexibility index (Phi) is 4.31. The number of allylic oxidation sites excluding steroid dienone is 1. The standard InChI is InChI=1S/C22H18N4O4/c1-28-15-5-8-18(29-2)14(10-15)9-12-3-6-16-20(27)17-11-13(22-23-25-26-24-22)4-7-19(17)30-21(12)16/h4-5,7-11H,3,6H2,1-2H3,(H,23,24,25,26). The molecule has 0 amide bonds. The van der Waals surface area contributed by atoms with Crippen LogP contribution in [0.2, 0.25) is 0 Å². The van der Waals surface area contributed by atoms with Crippen LogP contribution in [0.3, 0.4) is 0 Å². The van der Waals surface area contributed by atoms with Crippen LogP contribution in [0.5, 0.6) is 11.5 Å². The van der Waals surface area contributed by atoms with E-state index in [-0.39, 0.29) is 5.43 Å². The molecule has 0 saturated carbocycles. The topological polar surface area (TPSA) is 103 Å². The van der Waals surface area contributed by atoms with Crippen LogP contribution < -0.4 is 14.9 Å². The third-order valence-electron chi connectivity index (χ3n) is 5.31. The molecule has 30 heavy (non-hydrogen) atoms. The van der Waals surface area contributed by atoms with Crippen molar-refractivity contribution in [2.75, 3.05) is 14.2 Å².